The van der Waals surface area contributed by atoms with E-state index in [4.69, 9.17) is 0 Å². The molecule has 4 heteroatoms. The number of Topliss-reactive ketones (excluding diaryl/α,β-unsaturated/α-hetero) is 1. The number of fused-ring (bicyclic) bond motifs is 3. The normalized spacial score (nSPS) is 30.9. The second kappa shape index (κ2) is 3.72. The van der Waals surface area contributed by atoms with Gasteiger partial charge in [-0.3, -0.25) is 9.59 Å². The van der Waals surface area contributed by atoms with Crippen molar-refractivity contribution in [2.45, 2.75) is 38.3 Å². The van der Waals surface area contributed by atoms with Crippen LogP contribution < -0.4 is 5.32 Å². The molecule has 4 nitrogen and oxygen atoms in total. The molecule has 1 aliphatic carbocycles. The molecule has 3 unspecified atom stereocenters. The Bertz CT molecular complexity index is 478. The number of nitrogens with zero attached hydrogens (tertiary/aromatic N) is 1. The van der Waals surface area contributed by atoms with Crippen LogP contribution in [0.4, 0.5) is 0 Å². The predicted octanol–water partition coefficient (Wildman–Crippen LogP) is 1.53. The first kappa shape index (κ1) is 10.6. The van der Waals surface area contributed by atoms with E-state index in [2.05, 4.69) is 9.88 Å². The van der Waals surface area contributed by atoms with E-state index in [1.165, 1.54) is 6.92 Å². The fourth-order valence-corrected chi connectivity index (χ4v) is 3.27. The van der Waals surface area contributed by atoms with Crippen LogP contribution in [-0.4, -0.2) is 22.3 Å². The van der Waals surface area contributed by atoms with Gasteiger partial charge in [0.15, 0.2) is 5.78 Å². The van der Waals surface area contributed by atoms with Crippen LogP contribution in [-0.2, 0) is 4.79 Å². The molecule has 1 amide bonds. The molecule has 0 bridgehead atoms. The summed E-state index contributed by atoms with van der Waals surface area (Å²) in [5, 5.41) is 2.93. The minimum Gasteiger partial charge on any atom is -0.354 e. The highest BCUT2D eigenvalue weighted by Crippen LogP contribution is 2.41. The molecule has 0 aromatic carbocycles. The number of rotatable bonds is 1. The second-order valence-corrected chi connectivity index (χ2v) is 5.05. The largest absolute Gasteiger partial charge is 0.354 e. The average Bonchev–Trinajstić information content (AvgIpc) is 2.83. The zero-order chi connectivity index (χ0) is 12.0. The van der Waals surface area contributed by atoms with Gasteiger partial charge in [0, 0.05) is 31.1 Å². The number of aromatic nitrogens is 1. The highest BCUT2D eigenvalue weighted by atomic mass is 16.1. The zero-order valence-electron chi connectivity index (χ0n) is 9.85. The third kappa shape index (κ3) is 1.59. The Hall–Kier alpha value is -1.58. The fraction of sp³-hybridized carbons (Fsp3) is 0.538. The van der Waals surface area contributed by atoms with Gasteiger partial charge in [0.2, 0.25) is 5.91 Å². The van der Waals surface area contributed by atoms with Gasteiger partial charge in [-0.25, -0.2) is 0 Å². The van der Waals surface area contributed by atoms with Gasteiger partial charge >= 0.3 is 0 Å². The molecule has 1 N–H and O–H groups in total. The number of carbonyl (C=O) groups excluding carboxylic acids is 2. The summed E-state index contributed by atoms with van der Waals surface area (Å²) in [5.74, 6) is 0.311. The molecule has 1 aromatic rings. The van der Waals surface area contributed by atoms with Crippen molar-refractivity contribution in [3.63, 3.8) is 0 Å². The first-order valence-electron chi connectivity index (χ1n) is 6.15. The van der Waals surface area contributed by atoms with Gasteiger partial charge in [0.05, 0.1) is 5.69 Å². The molecule has 3 rings (SSSR count). The van der Waals surface area contributed by atoms with Crippen molar-refractivity contribution in [3.8, 4) is 0 Å². The predicted molar refractivity (Wildman–Crippen MR) is 62.7 cm³/mol. The Morgan fingerprint density at radius 2 is 2.29 bits per heavy atom. The lowest BCUT2D eigenvalue weighted by molar-refractivity contribution is -0.120. The minimum atomic E-state index is -0.00138. The number of amides is 1. The van der Waals surface area contributed by atoms with Crippen molar-refractivity contribution in [1.82, 2.24) is 9.88 Å². The monoisotopic (exact) mass is 232 g/mol. The van der Waals surface area contributed by atoms with Gasteiger partial charge < -0.3 is 9.88 Å². The molecule has 17 heavy (non-hydrogen) atoms. The smallest absolute Gasteiger partial charge is 0.217 e. The zero-order valence-corrected chi connectivity index (χ0v) is 9.85. The molecule has 1 fully saturated rings. The number of hydrogen-bond acceptors (Lipinski definition) is 2. The van der Waals surface area contributed by atoms with E-state index < -0.39 is 0 Å². The van der Waals surface area contributed by atoms with Crippen LogP contribution in [0.25, 0.3) is 0 Å². The molecule has 2 heterocycles. The molecule has 1 aromatic heterocycles. The van der Waals surface area contributed by atoms with Gasteiger partial charge in [-0.1, -0.05) is 0 Å². The van der Waals surface area contributed by atoms with Crippen molar-refractivity contribution >= 4 is 11.7 Å². The maximum atomic E-state index is 12.2. The average molecular weight is 232 g/mol. The highest BCUT2D eigenvalue weighted by molar-refractivity contribution is 5.99. The van der Waals surface area contributed by atoms with Gasteiger partial charge in [-0.2, -0.15) is 0 Å². The first-order chi connectivity index (χ1) is 8.16. The summed E-state index contributed by atoms with van der Waals surface area (Å²) >= 11 is 0. The molecular weight excluding hydrogens is 216 g/mol. The van der Waals surface area contributed by atoms with E-state index in [-0.39, 0.29) is 23.7 Å². The Kier molecular flexibility index (Phi) is 2.31. The summed E-state index contributed by atoms with van der Waals surface area (Å²) in [7, 11) is 0. The van der Waals surface area contributed by atoms with Crippen LogP contribution in [0.5, 0.6) is 0 Å². The standard InChI is InChI=1S/C13H16N2O2/c1-8(16)14-9-4-5-11-10(7-9)13(17)12-3-2-6-15(11)12/h2-3,6,9-11H,4-5,7H2,1H3,(H,14,16). The van der Waals surface area contributed by atoms with Crippen LogP contribution in [0.3, 0.4) is 0 Å². The number of hydrogen-bond donors (Lipinski definition) is 1. The highest BCUT2D eigenvalue weighted by Gasteiger charge is 2.43. The maximum absolute atomic E-state index is 12.2. The second-order valence-electron chi connectivity index (χ2n) is 5.05. The summed E-state index contributed by atoms with van der Waals surface area (Å²) in [6.45, 7) is 1.53. The topological polar surface area (TPSA) is 51.1 Å². The van der Waals surface area contributed by atoms with Crippen LogP contribution >= 0.6 is 0 Å². The lowest BCUT2D eigenvalue weighted by atomic mass is 9.81. The van der Waals surface area contributed by atoms with Crippen LogP contribution in [0.15, 0.2) is 18.3 Å². The van der Waals surface area contributed by atoms with E-state index >= 15 is 0 Å². The number of nitrogens with one attached hydrogen (secondary N) is 1. The molecule has 1 aliphatic heterocycles. The van der Waals surface area contributed by atoms with Gasteiger partial charge in [0.25, 0.3) is 0 Å². The third-order valence-corrected chi connectivity index (χ3v) is 3.95. The van der Waals surface area contributed by atoms with Crippen molar-refractivity contribution in [2.24, 2.45) is 5.92 Å². The molecular formula is C13H16N2O2. The minimum absolute atomic E-state index is 0.00138. The molecule has 0 spiro atoms. The van der Waals surface area contributed by atoms with Crippen LogP contribution in [0, 0.1) is 5.92 Å². The van der Waals surface area contributed by atoms with Crippen molar-refractivity contribution < 1.29 is 9.59 Å². The maximum Gasteiger partial charge on any atom is 0.217 e. The molecule has 3 atom stereocenters. The third-order valence-electron chi connectivity index (χ3n) is 3.95. The van der Waals surface area contributed by atoms with E-state index in [1.54, 1.807) is 0 Å². The van der Waals surface area contributed by atoms with Gasteiger partial charge in [-0.05, 0) is 31.4 Å². The summed E-state index contributed by atoms with van der Waals surface area (Å²) in [6, 6.07) is 4.32. The van der Waals surface area contributed by atoms with Crippen molar-refractivity contribution in [1.29, 1.82) is 0 Å². The molecule has 0 radical (unpaired) electrons. The van der Waals surface area contributed by atoms with Crippen LogP contribution in [0.2, 0.25) is 0 Å². The fourth-order valence-electron chi connectivity index (χ4n) is 3.27. The lowest BCUT2D eigenvalue weighted by Gasteiger charge is -2.31. The van der Waals surface area contributed by atoms with E-state index in [0.29, 0.717) is 6.04 Å². The lowest BCUT2D eigenvalue weighted by Crippen LogP contribution is -2.40. The summed E-state index contributed by atoms with van der Waals surface area (Å²) in [5.41, 5.74) is 0.837. The van der Waals surface area contributed by atoms with Gasteiger partial charge in [0.1, 0.15) is 0 Å². The molecule has 0 saturated heterocycles. The Morgan fingerprint density at radius 1 is 1.47 bits per heavy atom. The van der Waals surface area contributed by atoms with E-state index in [9.17, 15) is 9.59 Å². The number of carbonyl (C=O) groups is 2. The first-order valence-corrected chi connectivity index (χ1v) is 6.15. The van der Waals surface area contributed by atoms with E-state index in [1.807, 2.05) is 18.3 Å². The van der Waals surface area contributed by atoms with E-state index in [0.717, 1.165) is 25.0 Å². The number of ketones is 1. The quantitative estimate of drug-likeness (QED) is 0.798. The SMILES string of the molecule is CC(=O)NC1CCC2C(C1)C(=O)c1cccn12. The molecule has 90 valence electrons. The summed E-state index contributed by atoms with van der Waals surface area (Å²) < 4.78 is 2.11. The van der Waals surface area contributed by atoms with Crippen molar-refractivity contribution in [3.05, 3.63) is 24.0 Å². The Morgan fingerprint density at radius 3 is 3.06 bits per heavy atom. The Labute approximate surface area is 100.0 Å². The van der Waals surface area contributed by atoms with Crippen LogP contribution in [0.1, 0.15) is 42.7 Å². The molecule has 1 saturated carbocycles. The van der Waals surface area contributed by atoms with Crippen molar-refractivity contribution in [2.75, 3.05) is 0 Å². The summed E-state index contributed by atoms with van der Waals surface area (Å²) in [6.07, 6.45) is 4.72. The Balaban J connectivity index is 1.80. The molecule has 2 aliphatic rings. The summed E-state index contributed by atoms with van der Waals surface area (Å²) in [4.78, 5) is 23.2. The van der Waals surface area contributed by atoms with Gasteiger partial charge in [-0.15, -0.1) is 0 Å².